The Kier molecular flexibility index (Phi) is 3.42. The molecule has 5 nitrogen and oxygen atoms in total. The van der Waals surface area contributed by atoms with Gasteiger partial charge in [-0.1, -0.05) is 6.08 Å². The molecule has 0 amide bonds. The van der Waals surface area contributed by atoms with Crippen LogP contribution in [0.15, 0.2) is 29.4 Å². The number of pyridine rings is 1. The van der Waals surface area contributed by atoms with Crippen molar-refractivity contribution in [2.45, 2.75) is 18.9 Å². The van der Waals surface area contributed by atoms with Crippen molar-refractivity contribution in [3.05, 3.63) is 39.5 Å². The number of hydrogen-bond acceptors (Lipinski definition) is 4. The average molecular weight is 298 g/mol. The Morgan fingerprint density at radius 3 is 2.94 bits per heavy atom. The number of rotatable bonds is 5. The van der Waals surface area contributed by atoms with Gasteiger partial charge >= 0.3 is 5.69 Å². The maximum Gasteiger partial charge on any atom is 0.312 e. The Balaban J connectivity index is 2.40. The number of nitrogens with zero attached hydrogens (tertiary/aromatic N) is 3. The highest BCUT2D eigenvalue weighted by Crippen LogP contribution is 2.36. The van der Waals surface area contributed by atoms with E-state index in [2.05, 4.69) is 27.5 Å². The molecule has 0 aromatic carbocycles. The van der Waals surface area contributed by atoms with Crippen molar-refractivity contribution in [1.82, 2.24) is 4.98 Å². The van der Waals surface area contributed by atoms with Gasteiger partial charge in [-0.2, -0.15) is 0 Å². The molecule has 1 aromatic heterocycles. The summed E-state index contributed by atoms with van der Waals surface area (Å²) in [5.41, 5.74) is 0.0353. The Morgan fingerprint density at radius 2 is 2.41 bits per heavy atom. The predicted molar refractivity (Wildman–Crippen MR) is 69.2 cm³/mol. The first-order chi connectivity index (χ1) is 8.13. The van der Waals surface area contributed by atoms with Crippen molar-refractivity contribution >= 4 is 27.4 Å². The molecule has 0 unspecified atom stereocenters. The van der Waals surface area contributed by atoms with Crippen LogP contribution in [0, 0.1) is 10.1 Å². The van der Waals surface area contributed by atoms with Crippen LogP contribution in [-0.2, 0) is 0 Å². The molecule has 0 radical (unpaired) electrons. The molecule has 90 valence electrons. The molecule has 0 atom stereocenters. The summed E-state index contributed by atoms with van der Waals surface area (Å²) in [5.74, 6) is 0.431. The van der Waals surface area contributed by atoms with Gasteiger partial charge in [0.05, 0.1) is 4.92 Å². The van der Waals surface area contributed by atoms with Crippen LogP contribution in [0.5, 0.6) is 0 Å². The molecule has 0 aliphatic heterocycles. The summed E-state index contributed by atoms with van der Waals surface area (Å²) in [6, 6.07) is 1.85. The van der Waals surface area contributed by atoms with Crippen molar-refractivity contribution in [3.8, 4) is 0 Å². The lowest BCUT2D eigenvalue weighted by Gasteiger charge is -2.21. The maximum atomic E-state index is 11.0. The van der Waals surface area contributed by atoms with Crippen molar-refractivity contribution in [1.29, 1.82) is 0 Å². The minimum absolute atomic E-state index is 0.0353. The Morgan fingerprint density at radius 1 is 1.71 bits per heavy atom. The lowest BCUT2D eigenvalue weighted by Crippen LogP contribution is -2.27. The van der Waals surface area contributed by atoms with E-state index < -0.39 is 4.92 Å². The van der Waals surface area contributed by atoms with Crippen molar-refractivity contribution < 1.29 is 4.92 Å². The van der Waals surface area contributed by atoms with Gasteiger partial charge in [-0.15, -0.1) is 6.58 Å². The van der Waals surface area contributed by atoms with Gasteiger partial charge in [-0.3, -0.25) is 10.1 Å². The molecule has 0 spiro atoms. The minimum Gasteiger partial charge on any atom is -0.344 e. The molecule has 0 bridgehead atoms. The summed E-state index contributed by atoms with van der Waals surface area (Å²) < 4.78 is 0.613. The van der Waals surface area contributed by atoms with E-state index in [1.54, 1.807) is 12.3 Å². The van der Waals surface area contributed by atoms with E-state index in [0.29, 0.717) is 22.9 Å². The standard InChI is InChI=1S/C11H12BrN3O2/c1-2-5-14(9-3-4-9)11-10(15(16)17)6-8(12)7-13-11/h2,6-7,9H,1,3-5H2. The fourth-order valence-electron chi connectivity index (χ4n) is 1.71. The molecule has 17 heavy (non-hydrogen) atoms. The second-order valence-electron chi connectivity index (χ2n) is 3.93. The van der Waals surface area contributed by atoms with Gasteiger partial charge in [0.25, 0.3) is 0 Å². The quantitative estimate of drug-likeness (QED) is 0.476. The van der Waals surface area contributed by atoms with E-state index in [-0.39, 0.29) is 5.69 Å². The van der Waals surface area contributed by atoms with Gasteiger partial charge in [0.15, 0.2) is 0 Å². The van der Waals surface area contributed by atoms with E-state index in [0.717, 1.165) is 12.8 Å². The molecule has 2 rings (SSSR count). The third-order valence-electron chi connectivity index (χ3n) is 2.60. The second kappa shape index (κ2) is 4.83. The van der Waals surface area contributed by atoms with Crippen LogP contribution in [0.4, 0.5) is 11.5 Å². The highest BCUT2D eigenvalue weighted by molar-refractivity contribution is 9.10. The molecule has 6 heteroatoms. The number of aromatic nitrogens is 1. The molecular weight excluding hydrogens is 286 g/mol. The predicted octanol–water partition coefficient (Wildman–Crippen LogP) is 2.91. The molecule has 1 aliphatic carbocycles. The van der Waals surface area contributed by atoms with Crippen molar-refractivity contribution in [3.63, 3.8) is 0 Å². The number of hydrogen-bond donors (Lipinski definition) is 0. The SMILES string of the molecule is C=CCN(c1ncc(Br)cc1[N+](=O)[O-])C1CC1. The van der Waals surface area contributed by atoms with Crippen LogP contribution >= 0.6 is 15.9 Å². The summed E-state index contributed by atoms with van der Waals surface area (Å²) >= 11 is 3.20. The Bertz CT molecular complexity index is 460. The van der Waals surface area contributed by atoms with Crippen LogP contribution in [0.1, 0.15) is 12.8 Å². The van der Waals surface area contributed by atoms with E-state index in [4.69, 9.17) is 0 Å². The molecule has 0 N–H and O–H groups in total. The topological polar surface area (TPSA) is 59.3 Å². The molecule has 1 heterocycles. The van der Waals surface area contributed by atoms with Crippen LogP contribution in [0.25, 0.3) is 0 Å². The van der Waals surface area contributed by atoms with E-state index >= 15 is 0 Å². The zero-order chi connectivity index (χ0) is 12.4. The third-order valence-corrected chi connectivity index (χ3v) is 3.03. The first kappa shape index (κ1) is 12.0. The lowest BCUT2D eigenvalue weighted by atomic mass is 10.3. The van der Waals surface area contributed by atoms with Gasteiger partial charge in [0.1, 0.15) is 0 Å². The smallest absolute Gasteiger partial charge is 0.312 e. The monoisotopic (exact) mass is 297 g/mol. The maximum absolute atomic E-state index is 11.0. The molecule has 0 saturated heterocycles. The van der Waals surface area contributed by atoms with Gasteiger partial charge in [-0.05, 0) is 28.8 Å². The normalized spacial score (nSPS) is 14.4. The average Bonchev–Trinajstić information content (AvgIpc) is 3.10. The summed E-state index contributed by atoms with van der Waals surface area (Å²) in [5, 5.41) is 11.0. The molecule has 1 fully saturated rings. The summed E-state index contributed by atoms with van der Waals surface area (Å²) in [6.07, 6.45) is 5.44. The second-order valence-corrected chi connectivity index (χ2v) is 4.84. The van der Waals surface area contributed by atoms with Gasteiger partial charge < -0.3 is 4.90 Å². The number of nitro groups is 1. The van der Waals surface area contributed by atoms with Gasteiger partial charge in [-0.25, -0.2) is 4.98 Å². The number of anilines is 1. The largest absolute Gasteiger partial charge is 0.344 e. The van der Waals surface area contributed by atoms with Crippen LogP contribution in [0.3, 0.4) is 0 Å². The first-order valence-corrected chi connectivity index (χ1v) is 6.10. The first-order valence-electron chi connectivity index (χ1n) is 5.31. The highest BCUT2D eigenvalue weighted by Gasteiger charge is 2.33. The van der Waals surface area contributed by atoms with Crippen LogP contribution in [0.2, 0.25) is 0 Å². The highest BCUT2D eigenvalue weighted by atomic mass is 79.9. The number of halogens is 1. The molecule has 1 saturated carbocycles. The molecule has 1 aromatic rings. The Hall–Kier alpha value is -1.43. The summed E-state index contributed by atoms with van der Waals surface area (Å²) in [7, 11) is 0. The van der Waals surface area contributed by atoms with Crippen LogP contribution < -0.4 is 4.90 Å². The fraction of sp³-hybridized carbons (Fsp3) is 0.364. The zero-order valence-electron chi connectivity index (χ0n) is 9.17. The fourth-order valence-corrected chi connectivity index (χ4v) is 2.03. The third kappa shape index (κ3) is 2.63. The summed E-state index contributed by atoms with van der Waals surface area (Å²) in [4.78, 5) is 16.7. The molecule has 1 aliphatic rings. The van der Waals surface area contributed by atoms with Crippen LogP contribution in [-0.4, -0.2) is 22.5 Å². The van der Waals surface area contributed by atoms with E-state index in [1.807, 2.05) is 4.90 Å². The van der Waals surface area contributed by atoms with Gasteiger partial charge in [0.2, 0.25) is 5.82 Å². The van der Waals surface area contributed by atoms with Crippen molar-refractivity contribution in [2.24, 2.45) is 0 Å². The van der Waals surface area contributed by atoms with Gasteiger partial charge in [0, 0.05) is 29.3 Å². The minimum atomic E-state index is -0.397. The molecular formula is C11H12BrN3O2. The zero-order valence-corrected chi connectivity index (χ0v) is 10.8. The Labute approximate surface area is 107 Å². The lowest BCUT2D eigenvalue weighted by molar-refractivity contribution is -0.384. The van der Waals surface area contributed by atoms with Crippen molar-refractivity contribution in [2.75, 3.05) is 11.4 Å². The van der Waals surface area contributed by atoms with E-state index in [1.165, 1.54) is 6.07 Å². The summed E-state index contributed by atoms with van der Waals surface area (Å²) in [6.45, 7) is 4.26. The van der Waals surface area contributed by atoms with E-state index in [9.17, 15) is 10.1 Å².